The molecule has 0 spiro atoms. The molecule has 2 heterocycles. The molecule has 10 heavy (non-hydrogen) atoms. The van der Waals surface area contributed by atoms with Crippen molar-refractivity contribution in [1.29, 1.82) is 0 Å². The summed E-state index contributed by atoms with van der Waals surface area (Å²) in [6.07, 6.45) is 1.47. The fourth-order valence-electron chi connectivity index (χ4n) is 0.669. The third kappa shape index (κ3) is 0.586. The number of rotatable bonds is 0. The molecule has 0 fully saturated rings. The van der Waals surface area contributed by atoms with Crippen LogP contribution in [-0.2, 0) is 0 Å². The molecule has 0 atom stereocenters. The molecule has 2 rings (SSSR count). The Morgan fingerprint density at radius 1 is 1.40 bits per heavy atom. The van der Waals surface area contributed by atoms with E-state index in [0.29, 0.717) is 17.5 Å². The summed E-state index contributed by atoms with van der Waals surface area (Å²) in [6, 6.07) is 0. The molecule has 2 aliphatic rings. The fourth-order valence-corrected chi connectivity index (χ4v) is 0.669. The van der Waals surface area contributed by atoms with Crippen LogP contribution in [0.2, 0.25) is 0 Å². The van der Waals surface area contributed by atoms with Gasteiger partial charge in [0.1, 0.15) is 5.82 Å². The van der Waals surface area contributed by atoms with E-state index in [1.807, 2.05) is 0 Å². The summed E-state index contributed by atoms with van der Waals surface area (Å²) in [5, 5.41) is 10.6. The molecule has 6 nitrogen and oxygen atoms in total. The molecular formula is C4H4N6. The molecule has 50 valence electrons. The first-order valence-corrected chi connectivity index (χ1v) is 2.66. The maximum absolute atomic E-state index is 5.37. The molecule has 6 heteroatoms. The Balaban J connectivity index is 2.75. The maximum atomic E-state index is 5.37. The van der Waals surface area contributed by atoms with Gasteiger partial charge in [0.25, 0.3) is 0 Å². The van der Waals surface area contributed by atoms with E-state index in [1.54, 1.807) is 0 Å². The minimum Gasteiger partial charge on any atom is -0.384 e. The molecule has 0 amide bonds. The fraction of sp³-hybridized carbons (Fsp3) is 0. The molecule has 0 aromatic carbocycles. The molecule has 0 aromatic heterocycles. The standard InChI is InChI=1S/C4H4N6/c5-2-1-6-3-4(7-2)9-10-8-3/h1H,(H3,5,6,7,8,9,10). The lowest BCUT2D eigenvalue weighted by Crippen LogP contribution is -1.95. The van der Waals surface area contributed by atoms with Crippen LogP contribution in [0.1, 0.15) is 0 Å². The van der Waals surface area contributed by atoms with E-state index in [4.69, 9.17) is 5.73 Å². The molecule has 0 bridgehead atoms. The van der Waals surface area contributed by atoms with Crippen LogP contribution in [0.4, 0.5) is 5.82 Å². The van der Waals surface area contributed by atoms with Gasteiger partial charge in [-0.3, -0.25) is 0 Å². The second-order valence-electron chi connectivity index (χ2n) is 1.80. The number of nitrogen functional groups attached to an aromatic ring is 1. The first-order valence-electron chi connectivity index (χ1n) is 2.66. The van der Waals surface area contributed by atoms with Crippen LogP contribution in [-0.4, -0.2) is 25.4 Å². The van der Waals surface area contributed by atoms with Gasteiger partial charge in [0, 0.05) is 0 Å². The van der Waals surface area contributed by atoms with Crippen molar-refractivity contribution in [3.05, 3.63) is 6.20 Å². The van der Waals surface area contributed by atoms with E-state index < -0.39 is 0 Å². The highest BCUT2D eigenvalue weighted by Crippen LogP contribution is 2.08. The Morgan fingerprint density at radius 2 is 2.30 bits per heavy atom. The summed E-state index contributed by atoms with van der Waals surface area (Å²) in [5.41, 5.74) is 5.37. The number of nitrogens with two attached hydrogens (primary N) is 1. The highest BCUT2D eigenvalue weighted by molar-refractivity contribution is 5.46. The zero-order valence-corrected chi connectivity index (χ0v) is 4.94. The predicted octanol–water partition coefficient (Wildman–Crippen LogP) is -0.718. The van der Waals surface area contributed by atoms with E-state index in [2.05, 4.69) is 25.4 Å². The van der Waals surface area contributed by atoms with Crippen molar-refractivity contribution in [2.75, 3.05) is 5.73 Å². The summed E-state index contributed by atoms with van der Waals surface area (Å²) in [4.78, 5) is 6.60. The van der Waals surface area contributed by atoms with Crippen molar-refractivity contribution in [2.24, 2.45) is 0 Å². The van der Waals surface area contributed by atoms with Gasteiger partial charge in [-0.25, -0.2) is 4.98 Å². The third-order valence-electron chi connectivity index (χ3n) is 1.08. The van der Waals surface area contributed by atoms with E-state index in [9.17, 15) is 0 Å². The topological polar surface area (TPSA) is 93.4 Å². The van der Waals surface area contributed by atoms with E-state index in [1.165, 1.54) is 6.20 Å². The average Bonchev–Trinajstić information content (AvgIpc) is 2.33. The quantitative estimate of drug-likeness (QED) is 0.498. The highest BCUT2D eigenvalue weighted by atomic mass is 15.4. The molecule has 0 aliphatic carbocycles. The van der Waals surface area contributed by atoms with Gasteiger partial charge in [-0.15, -0.1) is 10.2 Å². The Bertz CT molecular complexity index is 314. The smallest absolute Gasteiger partial charge is 0.221 e. The Morgan fingerprint density at radius 3 is 3.20 bits per heavy atom. The Hall–Kier alpha value is -1.72. The number of aromatic nitrogens is 5. The molecule has 0 saturated heterocycles. The van der Waals surface area contributed by atoms with E-state index in [0.717, 1.165) is 0 Å². The van der Waals surface area contributed by atoms with Gasteiger partial charge >= 0.3 is 0 Å². The first kappa shape index (κ1) is 5.10. The van der Waals surface area contributed by atoms with Crippen LogP contribution in [0, 0.1) is 0 Å². The van der Waals surface area contributed by atoms with Crippen LogP contribution in [0.3, 0.4) is 0 Å². The summed E-state index contributed by atoms with van der Waals surface area (Å²) in [5.74, 6) is 1.45. The Labute approximate surface area is 55.8 Å². The van der Waals surface area contributed by atoms with Gasteiger partial charge in [0.15, 0.2) is 0 Å². The van der Waals surface area contributed by atoms with Crippen molar-refractivity contribution in [3.8, 4) is 11.6 Å². The van der Waals surface area contributed by atoms with Crippen LogP contribution >= 0.6 is 0 Å². The lowest BCUT2D eigenvalue weighted by molar-refractivity contribution is 0.944. The van der Waals surface area contributed by atoms with Crippen molar-refractivity contribution in [2.45, 2.75) is 0 Å². The molecule has 0 saturated carbocycles. The first-order chi connectivity index (χ1) is 4.86. The maximum Gasteiger partial charge on any atom is 0.221 e. The van der Waals surface area contributed by atoms with Crippen LogP contribution < -0.4 is 5.73 Å². The molecule has 0 aromatic rings. The second-order valence-corrected chi connectivity index (χ2v) is 1.80. The minimum atomic E-state index is 0.454. The number of H-pyrrole nitrogens is 1. The Kier molecular flexibility index (Phi) is 0.830. The number of nitrogens with one attached hydrogen (secondary N) is 1. The largest absolute Gasteiger partial charge is 0.384 e. The monoisotopic (exact) mass is 136 g/mol. The number of hydrogen-bond donors (Lipinski definition) is 2. The normalized spacial score (nSPS) is 10.4. The van der Waals surface area contributed by atoms with Crippen molar-refractivity contribution in [1.82, 2.24) is 25.4 Å². The number of aromatic amines is 1. The van der Waals surface area contributed by atoms with Crippen molar-refractivity contribution in [3.63, 3.8) is 0 Å². The van der Waals surface area contributed by atoms with E-state index in [-0.39, 0.29) is 0 Å². The molecular weight excluding hydrogens is 132 g/mol. The molecule has 3 N–H and O–H groups in total. The second kappa shape index (κ2) is 1.63. The number of nitrogens with zero attached hydrogens (tertiary/aromatic N) is 4. The number of fused-ring (bicyclic) bond motifs is 1. The van der Waals surface area contributed by atoms with Crippen LogP contribution in [0.25, 0.3) is 11.6 Å². The van der Waals surface area contributed by atoms with Gasteiger partial charge in [-0.2, -0.15) is 0 Å². The predicted molar refractivity (Wildman–Crippen MR) is 33.0 cm³/mol. The lowest BCUT2D eigenvalue weighted by Gasteiger charge is -1.93. The average molecular weight is 136 g/mol. The molecule has 2 aliphatic heterocycles. The zero-order chi connectivity index (χ0) is 6.97. The summed E-state index contributed by atoms with van der Waals surface area (Å²) >= 11 is 0. The summed E-state index contributed by atoms with van der Waals surface area (Å²) < 4.78 is 0. The van der Waals surface area contributed by atoms with Gasteiger partial charge in [-0.05, 0) is 5.21 Å². The molecule has 0 radical (unpaired) electrons. The van der Waals surface area contributed by atoms with E-state index >= 15 is 0 Å². The SMILES string of the molecule is Nc1cnc2nnnc-2[nH]1. The van der Waals surface area contributed by atoms with Gasteiger partial charge in [0.2, 0.25) is 11.6 Å². The van der Waals surface area contributed by atoms with Gasteiger partial charge < -0.3 is 10.7 Å². The van der Waals surface area contributed by atoms with Gasteiger partial charge in [-0.1, -0.05) is 0 Å². The third-order valence-corrected chi connectivity index (χ3v) is 1.08. The number of hydrogen-bond acceptors (Lipinski definition) is 5. The van der Waals surface area contributed by atoms with Crippen LogP contribution in [0.5, 0.6) is 0 Å². The lowest BCUT2D eigenvalue weighted by atomic mass is 10.5. The zero-order valence-electron chi connectivity index (χ0n) is 4.94. The number of anilines is 1. The minimum absolute atomic E-state index is 0.454. The van der Waals surface area contributed by atoms with Crippen LogP contribution in [0.15, 0.2) is 6.20 Å². The van der Waals surface area contributed by atoms with Crippen molar-refractivity contribution < 1.29 is 0 Å². The summed E-state index contributed by atoms with van der Waals surface area (Å²) in [6.45, 7) is 0. The van der Waals surface area contributed by atoms with Crippen molar-refractivity contribution >= 4 is 5.82 Å². The highest BCUT2D eigenvalue weighted by Gasteiger charge is 2.07. The summed E-state index contributed by atoms with van der Waals surface area (Å²) in [7, 11) is 0. The molecule has 0 unspecified atom stereocenters. The van der Waals surface area contributed by atoms with Gasteiger partial charge in [0.05, 0.1) is 6.20 Å².